The third-order valence-corrected chi connectivity index (χ3v) is 6.14. The Labute approximate surface area is 204 Å². The van der Waals surface area contributed by atoms with E-state index in [4.69, 9.17) is 16.3 Å². The lowest BCUT2D eigenvalue weighted by molar-refractivity contribution is -0.112. The van der Waals surface area contributed by atoms with Gasteiger partial charge in [-0.1, -0.05) is 66.2 Å². The van der Waals surface area contributed by atoms with Gasteiger partial charge in [0.25, 0.3) is 5.91 Å². The molecule has 0 atom stereocenters. The largest absolute Gasteiger partial charge is 0.489 e. The van der Waals surface area contributed by atoms with Gasteiger partial charge < -0.3 is 10.1 Å². The van der Waals surface area contributed by atoms with Gasteiger partial charge in [0.1, 0.15) is 24.0 Å². The zero-order valence-corrected chi connectivity index (χ0v) is 19.7. The van der Waals surface area contributed by atoms with Crippen molar-refractivity contribution in [1.29, 1.82) is 5.26 Å². The van der Waals surface area contributed by atoms with Crippen LogP contribution in [-0.2, 0) is 11.4 Å². The van der Waals surface area contributed by atoms with Crippen LogP contribution in [0.15, 0.2) is 84.4 Å². The van der Waals surface area contributed by atoms with Crippen LogP contribution in [0.1, 0.15) is 22.3 Å². The molecule has 0 aromatic heterocycles. The SMILES string of the molecule is Cc1ccc2ccccc2c1COc1ccc(/C=C(\C#N)C(=O)Nc2cccc(Cl)c2C)cc1. The third kappa shape index (κ3) is 5.11. The molecule has 0 fully saturated rings. The van der Waals surface area contributed by atoms with Gasteiger partial charge in [-0.3, -0.25) is 4.79 Å². The summed E-state index contributed by atoms with van der Waals surface area (Å²) in [5.74, 6) is 0.224. The van der Waals surface area contributed by atoms with Gasteiger partial charge in [0.15, 0.2) is 0 Å². The zero-order valence-electron chi connectivity index (χ0n) is 18.9. The van der Waals surface area contributed by atoms with Gasteiger partial charge >= 0.3 is 0 Å². The second kappa shape index (κ2) is 10.2. The number of nitrogens with zero attached hydrogens (tertiary/aromatic N) is 1. The number of fused-ring (bicyclic) bond motifs is 1. The summed E-state index contributed by atoms with van der Waals surface area (Å²) >= 11 is 6.11. The topological polar surface area (TPSA) is 62.1 Å². The summed E-state index contributed by atoms with van der Waals surface area (Å²) in [6.07, 6.45) is 1.55. The standard InChI is InChI=1S/C29H23ClN2O2/c1-19-10-13-22-6-3-4-7-25(22)26(19)18-34-24-14-11-21(12-15-24)16-23(17-31)29(33)32-28-9-5-8-27(30)20(28)2/h3-16H,18H2,1-2H3,(H,32,33)/b23-16+. The fourth-order valence-electron chi connectivity index (χ4n) is 3.70. The van der Waals surface area contributed by atoms with Gasteiger partial charge in [0.2, 0.25) is 0 Å². The van der Waals surface area contributed by atoms with E-state index >= 15 is 0 Å². The molecule has 1 N–H and O–H groups in total. The predicted octanol–water partition coefficient (Wildman–Crippen LogP) is 7.23. The molecule has 168 valence electrons. The molecule has 0 aliphatic rings. The van der Waals surface area contributed by atoms with Crippen molar-refractivity contribution < 1.29 is 9.53 Å². The monoisotopic (exact) mass is 466 g/mol. The molecule has 0 aliphatic carbocycles. The summed E-state index contributed by atoms with van der Waals surface area (Å²) in [7, 11) is 0. The number of benzene rings is 4. The first-order valence-electron chi connectivity index (χ1n) is 10.8. The minimum absolute atomic E-state index is 0.000533. The number of rotatable bonds is 6. The molecule has 0 radical (unpaired) electrons. The fraction of sp³-hybridized carbons (Fsp3) is 0.103. The number of hydrogen-bond donors (Lipinski definition) is 1. The molecule has 4 aromatic carbocycles. The normalized spacial score (nSPS) is 11.2. The Morgan fingerprint density at radius 2 is 1.76 bits per heavy atom. The molecule has 4 nitrogen and oxygen atoms in total. The summed E-state index contributed by atoms with van der Waals surface area (Å²) in [5.41, 5.74) is 4.38. The van der Waals surface area contributed by atoms with Crippen molar-refractivity contribution in [3.05, 3.63) is 112 Å². The Morgan fingerprint density at radius 1 is 1.00 bits per heavy atom. The molecule has 0 aliphatic heterocycles. The maximum atomic E-state index is 12.6. The highest BCUT2D eigenvalue weighted by Gasteiger charge is 2.12. The first kappa shape index (κ1) is 23.1. The summed E-state index contributed by atoms with van der Waals surface area (Å²) in [4.78, 5) is 12.6. The highest BCUT2D eigenvalue weighted by Crippen LogP contribution is 2.25. The van der Waals surface area contributed by atoms with E-state index in [1.54, 1.807) is 24.3 Å². The third-order valence-electron chi connectivity index (χ3n) is 5.73. The van der Waals surface area contributed by atoms with Gasteiger partial charge in [0, 0.05) is 16.3 Å². The van der Waals surface area contributed by atoms with Gasteiger partial charge in [-0.05, 0) is 71.7 Å². The molecule has 0 bridgehead atoms. The van der Waals surface area contributed by atoms with Gasteiger partial charge in [-0.15, -0.1) is 0 Å². The molecule has 34 heavy (non-hydrogen) atoms. The quantitative estimate of drug-likeness (QED) is 0.241. The van der Waals surface area contributed by atoms with Gasteiger partial charge in [-0.25, -0.2) is 0 Å². The number of anilines is 1. The Hall–Kier alpha value is -4.07. The lowest BCUT2D eigenvalue weighted by Crippen LogP contribution is -2.14. The van der Waals surface area contributed by atoms with E-state index < -0.39 is 5.91 Å². The van der Waals surface area contributed by atoms with Crippen molar-refractivity contribution in [1.82, 2.24) is 0 Å². The number of carbonyl (C=O) groups is 1. The number of aryl methyl sites for hydroxylation is 1. The Bertz CT molecular complexity index is 1430. The van der Waals surface area contributed by atoms with Gasteiger partial charge in [-0.2, -0.15) is 5.26 Å². The Morgan fingerprint density at radius 3 is 2.53 bits per heavy atom. The van der Waals surface area contributed by atoms with E-state index in [2.05, 4.69) is 36.5 Å². The Balaban J connectivity index is 1.47. The van der Waals surface area contributed by atoms with E-state index in [9.17, 15) is 10.1 Å². The van der Waals surface area contributed by atoms with Crippen LogP contribution in [0.4, 0.5) is 5.69 Å². The Kier molecular flexibility index (Phi) is 6.96. The first-order valence-corrected chi connectivity index (χ1v) is 11.2. The summed E-state index contributed by atoms with van der Waals surface area (Å²) < 4.78 is 6.04. The van der Waals surface area contributed by atoms with E-state index in [-0.39, 0.29) is 5.57 Å². The van der Waals surface area contributed by atoms with E-state index in [0.717, 1.165) is 16.7 Å². The first-order chi connectivity index (χ1) is 16.5. The average Bonchev–Trinajstić information content (AvgIpc) is 2.85. The van der Waals surface area contributed by atoms with Crippen molar-refractivity contribution in [2.75, 3.05) is 5.32 Å². The van der Waals surface area contributed by atoms with Crippen LogP contribution in [0, 0.1) is 25.2 Å². The van der Waals surface area contributed by atoms with Gasteiger partial charge in [0.05, 0.1) is 0 Å². The van der Waals surface area contributed by atoms with Crippen molar-refractivity contribution in [2.24, 2.45) is 0 Å². The smallest absolute Gasteiger partial charge is 0.266 e. The van der Waals surface area contributed by atoms with E-state index in [0.29, 0.717) is 23.1 Å². The second-order valence-electron chi connectivity index (χ2n) is 7.98. The molecule has 4 aromatic rings. The van der Waals surface area contributed by atoms with Crippen LogP contribution in [-0.4, -0.2) is 5.91 Å². The van der Waals surface area contributed by atoms with Crippen molar-refractivity contribution in [3.8, 4) is 11.8 Å². The minimum Gasteiger partial charge on any atom is -0.489 e. The van der Waals surface area contributed by atoms with Crippen LogP contribution in [0.2, 0.25) is 5.02 Å². The molecular formula is C29H23ClN2O2. The van der Waals surface area contributed by atoms with Crippen LogP contribution in [0.3, 0.4) is 0 Å². The number of halogens is 1. The van der Waals surface area contributed by atoms with Crippen molar-refractivity contribution >= 4 is 40.0 Å². The number of hydrogen-bond acceptors (Lipinski definition) is 3. The fourth-order valence-corrected chi connectivity index (χ4v) is 3.87. The molecule has 5 heteroatoms. The molecule has 4 rings (SSSR count). The molecule has 0 saturated carbocycles. The second-order valence-corrected chi connectivity index (χ2v) is 8.38. The maximum Gasteiger partial charge on any atom is 0.266 e. The highest BCUT2D eigenvalue weighted by atomic mass is 35.5. The number of nitriles is 1. The average molecular weight is 467 g/mol. The molecular weight excluding hydrogens is 444 g/mol. The number of ether oxygens (including phenoxy) is 1. The zero-order chi connectivity index (χ0) is 24.1. The predicted molar refractivity (Wildman–Crippen MR) is 138 cm³/mol. The summed E-state index contributed by atoms with van der Waals surface area (Å²) in [6, 6.07) is 27.0. The maximum absolute atomic E-state index is 12.6. The van der Waals surface area contributed by atoms with E-state index in [1.165, 1.54) is 16.3 Å². The molecule has 0 unspecified atom stereocenters. The van der Waals surface area contributed by atoms with E-state index in [1.807, 2.05) is 49.4 Å². The van der Waals surface area contributed by atoms with Crippen molar-refractivity contribution in [3.63, 3.8) is 0 Å². The summed E-state index contributed by atoms with van der Waals surface area (Å²) in [5, 5.41) is 15.2. The van der Waals surface area contributed by atoms with Crippen LogP contribution in [0.5, 0.6) is 5.75 Å². The highest BCUT2D eigenvalue weighted by molar-refractivity contribution is 6.31. The lowest BCUT2D eigenvalue weighted by atomic mass is 10.0. The molecule has 0 spiro atoms. The summed E-state index contributed by atoms with van der Waals surface area (Å²) in [6.45, 7) is 4.35. The van der Waals surface area contributed by atoms with Crippen molar-refractivity contribution in [2.45, 2.75) is 20.5 Å². The number of nitrogens with one attached hydrogen (secondary N) is 1. The number of amides is 1. The van der Waals surface area contributed by atoms with Crippen LogP contribution >= 0.6 is 11.6 Å². The molecule has 0 saturated heterocycles. The lowest BCUT2D eigenvalue weighted by Gasteiger charge is -2.12. The van der Waals surface area contributed by atoms with Crippen LogP contribution in [0.25, 0.3) is 16.8 Å². The van der Waals surface area contributed by atoms with Crippen LogP contribution < -0.4 is 10.1 Å². The number of carbonyl (C=O) groups excluding carboxylic acids is 1. The minimum atomic E-state index is -0.486. The molecule has 1 amide bonds. The molecule has 0 heterocycles.